The molecule has 0 bridgehead atoms. The number of anilines is 1. The van der Waals surface area contributed by atoms with Gasteiger partial charge in [0.2, 0.25) is 0 Å². The van der Waals surface area contributed by atoms with Crippen molar-refractivity contribution in [2.24, 2.45) is 7.05 Å². The Morgan fingerprint density at radius 1 is 1.45 bits per heavy atom. The van der Waals surface area contributed by atoms with E-state index in [0.717, 1.165) is 38.2 Å². The summed E-state index contributed by atoms with van der Waals surface area (Å²) in [5.74, 6) is 0. The number of hydrogen-bond acceptors (Lipinski definition) is 4. The van der Waals surface area contributed by atoms with Gasteiger partial charge in [-0.2, -0.15) is 5.10 Å². The molecule has 5 nitrogen and oxygen atoms in total. The monoisotopic (exact) mass is 344 g/mol. The molecule has 6 heteroatoms. The Labute approximate surface area is 129 Å². The van der Waals surface area contributed by atoms with Crippen LogP contribution in [0.25, 0.3) is 0 Å². The molecular formula is C14H25BrN4O. The second kappa shape index (κ2) is 8.42. The second-order valence-corrected chi connectivity index (χ2v) is 5.81. The lowest BCUT2D eigenvalue weighted by atomic mass is 10.1. The Balaban J connectivity index is 2.49. The van der Waals surface area contributed by atoms with E-state index in [4.69, 9.17) is 0 Å². The quantitative estimate of drug-likeness (QED) is 0.786. The summed E-state index contributed by atoms with van der Waals surface area (Å²) in [4.78, 5) is 14.2. The van der Waals surface area contributed by atoms with Crippen LogP contribution in [0.15, 0.2) is 15.5 Å². The molecule has 0 amide bonds. The van der Waals surface area contributed by atoms with Crippen LogP contribution < -0.4 is 10.9 Å². The van der Waals surface area contributed by atoms with E-state index in [1.165, 1.54) is 4.68 Å². The predicted octanol–water partition coefficient (Wildman–Crippen LogP) is 2.47. The fourth-order valence-corrected chi connectivity index (χ4v) is 2.58. The number of rotatable bonds is 8. The van der Waals surface area contributed by atoms with Crippen molar-refractivity contribution in [3.8, 4) is 0 Å². The van der Waals surface area contributed by atoms with Crippen molar-refractivity contribution in [1.29, 1.82) is 0 Å². The van der Waals surface area contributed by atoms with Crippen LogP contribution in [0.3, 0.4) is 0 Å². The Hall–Kier alpha value is -0.880. The van der Waals surface area contributed by atoms with Crippen molar-refractivity contribution in [2.45, 2.75) is 39.7 Å². The average Bonchev–Trinajstić information content (AvgIpc) is 2.44. The molecule has 114 valence electrons. The molecule has 0 radical (unpaired) electrons. The molecule has 1 aromatic heterocycles. The van der Waals surface area contributed by atoms with Gasteiger partial charge >= 0.3 is 0 Å². The molecule has 0 aromatic carbocycles. The van der Waals surface area contributed by atoms with E-state index in [0.29, 0.717) is 10.5 Å². The summed E-state index contributed by atoms with van der Waals surface area (Å²) < 4.78 is 1.87. The Morgan fingerprint density at radius 3 is 2.70 bits per heavy atom. The first-order valence-electron chi connectivity index (χ1n) is 7.20. The van der Waals surface area contributed by atoms with Gasteiger partial charge in [-0.1, -0.05) is 13.8 Å². The summed E-state index contributed by atoms with van der Waals surface area (Å²) in [6.45, 7) is 9.83. The van der Waals surface area contributed by atoms with Crippen LogP contribution in [-0.4, -0.2) is 40.4 Å². The highest BCUT2D eigenvalue weighted by Gasteiger charge is 2.10. The third-order valence-corrected chi connectivity index (χ3v) is 4.25. The van der Waals surface area contributed by atoms with E-state index in [9.17, 15) is 4.79 Å². The van der Waals surface area contributed by atoms with Crippen molar-refractivity contribution in [2.75, 3.05) is 25.0 Å². The van der Waals surface area contributed by atoms with E-state index >= 15 is 0 Å². The Kier molecular flexibility index (Phi) is 7.23. The number of nitrogens with zero attached hydrogens (tertiary/aromatic N) is 3. The van der Waals surface area contributed by atoms with Crippen LogP contribution >= 0.6 is 15.9 Å². The van der Waals surface area contributed by atoms with Crippen LogP contribution in [0.2, 0.25) is 0 Å². The van der Waals surface area contributed by atoms with Gasteiger partial charge in [0.05, 0.1) is 11.9 Å². The first kappa shape index (κ1) is 17.2. The smallest absolute Gasteiger partial charge is 0.282 e. The minimum absolute atomic E-state index is 0.120. The maximum Gasteiger partial charge on any atom is 0.282 e. The van der Waals surface area contributed by atoms with Crippen LogP contribution in [0.1, 0.15) is 33.6 Å². The van der Waals surface area contributed by atoms with Gasteiger partial charge in [-0.15, -0.1) is 0 Å². The van der Waals surface area contributed by atoms with Crippen molar-refractivity contribution in [3.63, 3.8) is 0 Å². The molecule has 1 heterocycles. The molecule has 0 aliphatic carbocycles. The molecule has 1 atom stereocenters. The van der Waals surface area contributed by atoms with E-state index in [2.05, 4.69) is 52.0 Å². The van der Waals surface area contributed by atoms with Gasteiger partial charge in [-0.05, 0) is 55.3 Å². The van der Waals surface area contributed by atoms with Gasteiger partial charge in [0, 0.05) is 13.1 Å². The fourth-order valence-electron chi connectivity index (χ4n) is 2.11. The zero-order valence-corrected chi connectivity index (χ0v) is 14.4. The molecule has 1 N–H and O–H groups in total. The number of aromatic nitrogens is 2. The lowest BCUT2D eigenvalue weighted by Crippen LogP contribution is -2.26. The first-order valence-corrected chi connectivity index (χ1v) is 7.99. The maximum atomic E-state index is 11.8. The van der Waals surface area contributed by atoms with E-state index in [-0.39, 0.29) is 5.56 Å². The molecule has 0 aliphatic heterocycles. The van der Waals surface area contributed by atoms with Crippen LogP contribution in [0.5, 0.6) is 0 Å². The van der Waals surface area contributed by atoms with E-state index in [1.54, 1.807) is 13.2 Å². The highest BCUT2D eigenvalue weighted by atomic mass is 79.9. The standard InChI is InChI=1S/C14H25BrN4O/c1-5-19(6-2)9-7-8-11(3)17-12-10-16-18(4)14(20)13(12)15/h10-11,17H,5-9H2,1-4H3. The van der Waals surface area contributed by atoms with Crippen molar-refractivity contribution in [1.82, 2.24) is 14.7 Å². The largest absolute Gasteiger partial charge is 0.380 e. The van der Waals surface area contributed by atoms with Crippen LogP contribution in [0, 0.1) is 0 Å². The van der Waals surface area contributed by atoms with Gasteiger partial charge in [-0.3, -0.25) is 4.79 Å². The van der Waals surface area contributed by atoms with E-state index < -0.39 is 0 Å². The highest BCUT2D eigenvalue weighted by Crippen LogP contribution is 2.18. The zero-order chi connectivity index (χ0) is 15.1. The zero-order valence-electron chi connectivity index (χ0n) is 12.8. The summed E-state index contributed by atoms with van der Waals surface area (Å²) >= 11 is 3.33. The second-order valence-electron chi connectivity index (χ2n) is 5.02. The first-order chi connectivity index (χ1) is 9.49. The van der Waals surface area contributed by atoms with Gasteiger partial charge in [-0.25, -0.2) is 4.68 Å². The summed E-state index contributed by atoms with van der Waals surface area (Å²) in [5, 5.41) is 7.38. The number of nitrogens with one attached hydrogen (secondary N) is 1. The number of hydrogen-bond donors (Lipinski definition) is 1. The predicted molar refractivity (Wildman–Crippen MR) is 87.3 cm³/mol. The molecule has 0 spiro atoms. The minimum atomic E-state index is -0.120. The number of halogens is 1. The maximum absolute atomic E-state index is 11.8. The van der Waals surface area contributed by atoms with Crippen LogP contribution in [-0.2, 0) is 7.05 Å². The molecule has 0 saturated heterocycles. The lowest BCUT2D eigenvalue weighted by Gasteiger charge is -2.20. The highest BCUT2D eigenvalue weighted by molar-refractivity contribution is 9.10. The minimum Gasteiger partial charge on any atom is -0.380 e. The molecule has 0 saturated carbocycles. The molecule has 1 aromatic rings. The van der Waals surface area contributed by atoms with E-state index in [1.807, 2.05) is 0 Å². The fraction of sp³-hybridized carbons (Fsp3) is 0.714. The third-order valence-electron chi connectivity index (χ3n) is 3.49. The summed E-state index contributed by atoms with van der Waals surface area (Å²) in [6, 6.07) is 0.316. The molecular weight excluding hydrogens is 320 g/mol. The molecule has 20 heavy (non-hydrogen) atoms. The van der Waals surface area contributed by atoms with Gasteiger partial charge in [0.15, 0.2) is 0 Å². The Bertz CT molecular complexity index is 471. The molecule has 1 unspecified atom stereocenters. The normalized spacial score (nSPS) is 12.7. The van der Waals surface area contributed by atoms with Gasteiger partial charge in [0.1, 0.15) is 4.47 Å². The summed E-state index contributed by atoms with van der Waals surface area (Å²) in [5.41, 5.74) is 0.647. The molecule has 0 fully saturated rings. The number of aryl methyl sites for hydroxylation is 1. The summed E-state index contributed by atoms with van der Waals surface area (Å²) in [7, 11) is 1.64. The van der Waals surface area contributed by atoms with Crippen molar-refractivity contribution < 1.29 is 0 Å². The Morgan fingerprint density at radius 2 is 2.10 bits per heavy atom. The molecule has 1 rings (SSSR count). The average molecular weight is 345 g/mol. The summed E-state index contributed by atoms with van der Waals surface area (Å²) in [6.07, 6.45) is 3.90. The molecule has 0 aliphatic rings. The SMILES string of the molecule is CCN(CC)CCCC(C)Nc1cnn(C)c(=O)c1Br. The van der Waals surface area contributed by atoms with Crippen molar-refractivity contribution >= 4 is 21.6 Å². The third kappa shape index (κ3) is 4.90. The van der Waals surface area contributed by atoms with Gasteiger partial charge in [0.25, 0.3) is 5.56 Å². The van der Waals surface area contributed by atoms with Crippen molar-refractivity contribution in [3.05, 3.63) is 21.0 Å². The topological polar surface area (TPSA) is 50.2 Å². The lowest BCUT2D eigenvalue weighted by molar-refractivity contribution is 0.295. The van der Waals surface area contributed by atoms with Crippen LogP contribution in [0.4, 0.5) is 5.69 Å². The van der Waals surface area contributed by atoms with Gasteiger partial charge < -0.3 is 10.2 Å².